The third kappa shape index (κ3) is 4.25. The Bertz CT molecular complexity index is 498. The molecule has 0 heterocycles. The molecular formula is C19H29NO2. The number of hydrogen-bond acceptors (Lipinski definition) is 2. The first kappa shape index (κ1) is 16.9. The minimum atomic E-state index is 0.146. The van der Waals surface area contributed by atoms with Crippen molar-refractivity contribution in [1.29, 1.82) is 0 Å². The predicted molar refractivity (Wildman–Crippen MR) is 89.7 cm³/mol. The van der Waals surface area contributed by atoms with Crippen LogP contribution in [0.3, 0.4) is 0 Å². The third-order valence-corrected chi connectivity index (χ3v) is 5.04. The van der Waals surface area contributed by atoms with Crippen molar-refractivity contribution in [2.45, 2.75) is 46.5 Å². The number of benzene rings is 1. The van der Waals surface area contributed by atoms with Crippen LogP contribution < -0.4 is 5.32 Å². The Labute approximate surface area is 134 Å². The van der Waals surface area contributed by atoms with E-state index in [-0.39, 0.29) is 11.8 Å². The van der Waals surface area contributed by atoms with Gasteiger partial charge in [0.2, 0.25) is 5.91 Å². The fourth-order valence-electron chi connectivity index (χ4n) is 3.68. The van der Waals surface area contributed by atoms with Gasteiger partial charge in [-0.25, -0.2) is 0 Å². The lowest BCUT2D eigenvalue weighted by Crippen LogP contribution is -2.40. The number of phenols is 1. The van der Waals surface area contributed by atoms with E-state index < -0.39 is 0 Å². The molecule has 2 rings (SSSR count). The normalized spacial score (nSPS) is 25.2. The summed E-state index contributed by atoms with van der Waals surface area (Å²) >= 11 is 0. The van der Waals surface area contributed by atoms with E-state index >= 15 is 0 Å². The number of hydrogen-bond donors (Lipinski definition) is 2. The number of aromatic hydroxyl groups is 1. The average molecular weight is 303 g/mol. The van der Waals surface area contributed by atoms with Crippen LogP contribution in [0.2, 0.25) is 0 Å². The molecule has 0 saturated heterocycles. The molecule has 1 aliphatic carbocycles. The van der Waals surface area contributed by atoms with Crippen molar-refractivity contribution in [3.05, 3.63) is 29.8 Å². The highest BCUT2D eigenvalue weighted by Gasteiger charge is 2.35. The zero-order chi connectivity index (χ0) is 16.1. The summed E-state index contributed by atoms with van der Waals surface area (Å²) in [6.07, 6.45) is 4.08. The zero-order valence-electron chi connectivity index (χ0n) is 14.0. The molecule has 3 heteroatoms. The first-order valence-corrected chi connectivity index (χ1v) is 8.53. The summed E-state index contributed by atoms with van der Waals surface area (Å²) in [7, 11) is 0. The van der Waals surface area contributed by atoms with E-state index in [1.54, 1.807) is 6.07 Å². The van der Waals surface area contributed by atoms with Crippen molar-refractivity contribution < 1.29 is 9.90 Å². The van der Waals surface area contributed by atoms with Gasteiger partial charge in [-0.1, -0.05) is 45.4 Å². The van der Waals surface area contributed by atoms with E-state index in [0.29, 0.717) is 36.5 Å². The second kappa shape index (κ2) is 7.66. The van der Waals surface area contributed by atoms with Crippen molar-refractivity contribution >= 4 is 5.91 Å². The van der Waals surface area contributed by atoms with Crippen LogP contribution in [0.4, 0.5) is 0 Å². The maximum absolute atomic E-state index is 12.6. The molecule has 0 aliphatic heterocycles. The van der Waals surface area contributed by atoms with Gasteiger partial charge in [-0.05, 0) is 48.6 Å². The van der Waals surface area contributed by atoms with Crippen LogP contribution >= 0.6 is 0 Å². The molecule has 1 aliphatic rings. The van der Waals surface area contributed by atoms with Crippen molar-refractivity contribution in [2.24, 2.45) is 23.7 Å². The molecule has 3 atom stereocenters. The van der Waals surface area contributed by atoms with Gasteiger partial charge in [0.15, 0.2) is 0 Å². The quantitative estimate of drug-likeness (QED) is 0.870. The lowest BCUT2D eigenvalue weighted by molar-refractivity contribution is -0.129. The second-order valence-corrected chi connectivity index (χ2v) is 7.10. The summed E-state index contributed by atoms with van der Waals surface area (Å²) in [6, 6.07) is 7.32. The molecule has 1 unspecified atom stereocenters. The van der Waals surface area contributed by atoms with E-state index in [4.69, 9.17) is 0 Å². The molecule has 122 valence electrons. The van der Waals surface area contributed by atoms with E-state index in [1.807, 2.05) is 18.2 Å². The number of rotatable bonds is 5. The van der Waals surface area contributed by atoms with Gasteiger partial charge in [-0.2, -0.15) is 0 Å². The first-order chi connectivity index (χ1) is 10.5. The minimum Gasteiger partial charge on any atom is -0.508 e. The molecule has 1 aromatic carbocycles. The van der Waals surface area contributed by atoms with Crippen LogP contribution in [0.5, 0.6) is 5.75 Å². The molecule has 1 aromatic rings. The fraction of sp³-hybridized carbons (Fsp3) is 0.632. The highest BCUT2D eigenvalue weighted by molar-refractivity contribution is 5.79. The Kier molecular flexibility index (Phi) is 5.87. The summed E-state index contributed by atoms with van der Waals surface area (Å²) < 4.78 is 0. The predicted octanol–water partition coefficient (Wildman–Crippen LogP) is 3.76. The summed E-state index contributed by atoms with van der Waals surface area (Å²) in [5.74, 6) is 2.35. The second-order valence-electron chi connectivity index (χ2n) is 7.10. The van der Waals surface area contributed by atoms with Crippen LogP contribution in [-0.2, 0) is 11.2 Å². The maximum Gasteiger partial charge on any atom is 0.223 e. The Morgan fingerprint density at radius 2 is 2.05 bits per heavy atom. The van der Waals surface area contributed by atoms with Crippen molar-refractivity contribution in [3.63, 3.8) is 0 Å². The lowest BCUT2D eigenvalue weighted by atomic mass is 9.70. The summed E-state index contributed by atoms with van der Waals surface area (Å²) in [5, 5.41) is 12.8. The van der Waals surface area contributed by atoms with E-state index in [1.165, 1.54) is 6.42 Å². The van der Waals surface area contributed by atoms with Crippen molar-refractivity contribution in [3.8, 4) is 5.75 Å². The molecule has 3 nitrogen and oxygen atoms in total. The van der Waals surface area contributed by atoms with Crippen molar-refractivity contribution in [1.82, 2.24) is 5.32 Å². The van der Waals surface area contributed by atoms with Gasteiger partial charge in [0.25, 0.3) is 0 Å². The summed E-state index contributed by atoms with van der Waals surface area (Å²) in [5.41, 5.74) is 0.889. The van der Waals surface area contributed by atoms with Gasteiger partial charge in [0, 0.05) is 12.5 Å². The van der Waals surface area contributed by atoms with E-state index in [9.17, 15) is 9.90 Å². The minimum absolute atomic E-state index is 0.146. The van der Waals surface area contributed by atoms with Crippen LogP contribution in [0.15, 0.2) is 24.3 Å². The lowest BCUT2D eigenvalue weighted by Gasteiger charge is -2.36. The molecule has 1 fully saturated rings. The van der Waals surface area contributed by atoms with Crippen molar-refractivity contribution in [2.75, 3.05) is 6.54 Å². The van der Waals surface area contributed by atoms with Gasteiger partial charge in [-0.15, -0.1) is 0 Å². The summed E-state index contributed by atoms with van der Waals surface area (Å²) in [6.45, 7) is 7.29. The van der Waals surface area contributed by atoms with Crippen LogP contribution in [-0.4, -0.2) is 17.6 Å². The van der Waals surface area contributed by atoms with Gasteiger partial charge >= 0.3 is 0 Å². The topological polar surface area (TPSA) is 49.3 Å². The Balaban J connectivity index is 1.89. The average Bonchev–Trinajstić information content (AvgIpc) is 2.48. The number of amides is 1. The monoisotopic (exact) mass is 303 g/mol. The molecule has 1 saturated carbocycles. The van der Waals surface area contributed by atoms with Gasteiger partial charge < -0.3 is 10.4 Å². The highest BCUT2D eigenvalue weighted by Crippen LogP contribution is 2.38. The highest BCUT2D eigenvalue weighted by atomic mass is 16.3. The Morgan fingerprint density at radius 3 is 2.73 bits per heavy atom. The van der Waals surface area contributed by atoms with Crippen LogP contribution in [0.1, 0.15) is 45.6 Å². The number of carbonyl (C=O) groups is 1. The van der Waals surface area contributed by atoms with E-state index in [0.717, 1.165) is 18.4 Å². The molecule has 1 amide bonds. The van der Waals surface area contributed by atoms with Gasteiger partial charge in [0.1, 0.15) is 5.75 Å². The Morgan fingerprint density at radius 1 is 1.32 bits per heavy atom. The maximum atomic E-state index is 12.6. The van der Waals surface area contributed by atoms with E-state index in [2.05, 4.69) is 26.1 Å². The molecule has 2 N–H and O–H groups in total. The third-order valence-electron chi connectivity index (χ3n) is 5.04. The van der Waals surface area contributed by atoms with Gasteiger partial charge in [0.05, 0.1) is 0 Å². The molecule has 0 bridgehead atoms. The molecule has 22 heavy (non-hydrogen) atoms. The molecular weight excluding hydrogens is 274 g/mol. The molecule has 0 radical (unpaired) electrons. The SMILES string of the molecule is CC1CC[C@@H](C(C)C)[C@H](C(=O)NCCc2ccccc2O)C1. The summed E-state index contributed by atoms with van der Waals surface area (Å²) in [4.78, 5) is 12.6. The largest absolute Gasteiger partial charge is 0.508 e. The smallest absolute Gasteiger partial charge is 0.223 e. The fourth-order valence-corrected chi connectivity index (χ4v) is 3.68. The number of phenolic OH excluding ortho intramolecular Hbond substituents is 1. The number of para-hydroxylation sites is 1. The van der Waals surface area contributed by atoms with Crippen LogP contribution in [0, 0.1) is 23.7 Å². The zero-order valence-corrected chi connectivity index (χ0v) is 14.0. The Hall–Kier alpha value is -1.51. The molecule has 0 spiro atoms. The number of carbonyl (C=O) groups excluding carboxylic acids is 1. The van der Waals surface area contributed by atoms with Gasteiger partial charge in [-0.3, -0.25) is 4.79 Å². The first-order valence-electron chi connectivity index (χ1n) is 8.53. The number of nitrogens with one attached hydrogen (secondary N) is 1. The standard InChI is InChI=1S/C19H29NO2/c1-13(2)16-9-8-14(3)12-17(16)19(22)20-11-10-15-6-4-5-7-18(15)21/h4-7,13-14,16-17,21H,8-12H2,1-3H3,(H,20,22)/t14?,16-,17+/m0/s1. The van der Waals surface area contributed by atoms with Crippen LogP contribution in [0.25, 0.3) is 0 Å². The molecule has 0 aromatic heterocycles.